The average Bonchev–Trinajstić information content (AvgIpc) is 2.45. The number of carbonyl (C=O) groups is 2. The lowest BCUT2D eigenvalue weighted by atomic mass is 10.1. The van der Waals surface area contributed by atoms with E-state index in [2.05, 4.69) is 0 Å². The van der Waals surface area contributed by atoms with Gasteiger partial charge < -0.3 is 19.3 Å². The van der Waals surface area contributed by atoms with Crippen molar-refractivity contribution in [2.24, 2.45) is 0 Å². The summed E-state index contributed by atoms with van der Waals surface area (Å²) in [6, 6.07) is 5.22. The van der Waals surface area contributed by atoms with Crippen LogP contribution in [0.25, 0.3) is 0 Å². The minimum atomic E-state index is -0.845. The number of ether oxygens (including phenoxy) is 3. The summed E-state index contributed by atoms with van der Waals surface area (Å²) in [5.74, 6) is 0.00782. The minimum absolute atomic E-state index is 0.0783. The van der Waals surface area contributed by atoms with E-state index in [1.807, 2.05) is 0 Å². The zero-order valence-electron chi connectivity index (χ0n) is 13.1. The predicted octanol–water partition coefficient (Wildman–Crippen LogP) is 2.43. The van der Waals surface area contributed by atoms with E-state index in [1.54, 1.807) is 39.3 Å². The molecule has 6 heteroatoms. The van der Waals surface area contributed by atoms with Crippen molar-refractivity contribution < 1.29 is 28.9 Å². The van der Waals surface area contributed by atoms with Gasteiger partial charge in [0.05, 0.1) is 26.7 Å². The zero-order valence-corrected chi connectivity index (χ0v) is 13.1. The quantitative estimate of drug-likeness (QED) is 0.705. The lowest BCUT2D eigenvalue weighted by molar-refractivity contribution is -0.147. The van der Waals surface area contributed by atoms with E-state index in [4.69, 9.17) is 19.3 Å². The number of rotatable bonds is 9. The Kier molecular flexibility index (Phi) is 7.22. The van der Waals surface area contributed by atoms with Gasteiger partial charge in [-0.3, -0.25) is 9.59 Å². The Hall–Kier alpha value is -2.24. The molecule has 22 heavy (non-hydrogen) atoms. The Balaban J connectivity index is 2.52. The fourth-order valence-corrected chi connectivity index (χ4v) is 2.00. The van der Waals surface area contributed by atoms with Crippen LogP contribution in [-0.2, 0) is 20.7 Å². The van der Waals surface area contributed by atoms with Crippen molar-refractivity contribution in [2.45, 2.75) is 38.7 Å². The summed E-state index contributed by atoms with van der Waals surface area (Å²) in [6.45, 7) is 1.76. The van der Waals surface area contributed by atoms with Crippen molar-refractivity contribution in [3.63, 3.8) is 0 Å². The van der Waals surface area contributed by atoms with Crippen molar-refractivity contribution in [3.8, 4) is 11.5 Å². The summed E-state index contributed by atoms with van der Waals surface area (Å²) in [7, 11) is 3.09. The molecule has 0 unspecified atom stereocenters. The molecule has 0 radical (unpaired) electrons. The Morgan fingerprint density at radius 1 is 1.14 bits per heavy atom. The first-order valence-electron chi connectivity index (χ1n) is 7.07. The van der Waals surface area contributed by atoms with Crippen LogP contribution in [0.15, 0.2) is 18.2 Å². The van der Waals surface area contributed by atoms with Gasteiger partial charge in [0.1, 0.15) is 11.5 Å². The summed E-state index contributed by atoms with van der Waals surface area (Å²) in [5.41, 5.74) is 0.735. The van der Waals surface area contributed by atoms with Gasteiger partial charge in [0, 0.05) is 12.5 Å². The molecule has 0 heterocycles. The molecule has 1 aromatic rings. The minimum Gasteiger partial charge on any atom is -0.497 e. The van der Waals surface area contributed by atoms with Crippen molar-refractivity contribution in [2.75, 3.05) is 14.2 Å². The maximum absolute atomic E-state index is 11.9. The van der Waals surface area contributed by atoms with Crippen molar-refractivity contribution in [1.82, 2.24) is 0 Å². The Bertz CT molecular complexity index is 489. The normalized spacial score (nSPS) is 11.6. The first-order valence-corrected chi connectivity index (χ1v) is 7.07. The van der Waals surface area contributed by atoms with E-state index in [9.17, 15) is 9.59 Å². The van der Waals surface area contributed by atoms with Gasteiger partial charge in [-0.05, 0) is 37.5 Å². The smallest absolute Gasteiger partial charge is 0.310 e. The molecule has 0 aromatic heterocycles. The Morgan fingerprint density at radius 3 is 2.23 bits per heavy atom. The van der Waals surface area contributed by atoms with Crippen molar-refractivity contribution in [1.29, 1.82) is 0 Å². The summed E-state index contributed by atoms with van der Waals surface area (Å²) in [4.78, 5) is 22.3. The van der Waals surface area contributed by atoms with Crippen LogP contribution in [-0.4, -0.2) is 37.4 Å². The molecule has 0 fully saturated rings. The van der Waals surface area contributed by atoms with Crippen molar-refractivity contribution in [3.05, 3.63) is 23.8 Å². The molecule has 0 spiro atoms. The van der Waals surface area contributed by atoms with Crippen LogP contribution in [0.2, 0.25) is 0 Å². The SMILES string of the molecule is COc1cc(CC(=O)O[C@H](C)CCCC(=O)O)cc(OC)c1. The third kappa shape index (κ3) is 6.47. The number of esters is 1. The number of carboxylic acid groups (broad SMARTS) is 1. The Morgan fingerprint density at radius 2 is 1.73 bits per heavy atom. The molecule has 1 rings (SSSR count). The number of hydrogen-bond acceptors (Lipinski definition) is 5. The van der Waals surface area contributed by atoms with Crippen LogP contribution in [0.4, 0.5) is 0 Å². The van der Waals surface area contributed by atoms with Crippen LogP contribution in [0, 0.1) is 0 Å². The largest absolute Gasteiger partial charge is 0.497 e. The van der Waals surface area contributed by atoms with E-state index in [0.717, 1.165) is 5.56 Å². The second-order valence-corrected chi connectivity index (χ2v) is 4.98. The van der Waals surface area contributed by atoms with Gasteiger partial charge in [-0.1, -0.05) is 0 Å². The summed E-state index contributed by atoms with van der Waals surface area (Å²) in [5, 5.41) is 8.57. The molecule has 0 aliphatic rings. The van der Waals surface area contributed by atoms with Crippen molar-refractivity contribution >= 4 is 11.9 Å². The van der Waals surface area contributed by atoms with E-state index in [0.29, 0.717) is 24.3 Å². The molecule has 0 saturated heterocycles. The summed E-state index contributed by atoms with van der Waals surface area (Å²) in [6.07, 6.45) is 0.890. The van der Waals surface area contributed by atoms with Gasteiger partial charge in [0.15, 0.2) is 0 Å². The molecular weight excluding hydrogens is 288 g/mol. The van der Waals surface area contributed by atoms with Gasteiger partial charge in [0.2, 0.25) is 0 Å². The number of aliphatic carboxylic acids is 1. The molecule has 6 nitrogen and oxygen atoms in total. The molecule has 0 amide bonds. The van der Waals surface area contributed by atoms with Gasteiger partial charge in [-0.2, -0.15) is 0 Å². The van der Waals surface area contributed by atoms with Crippen LogP contribution in [0.5, 0.6) is 11.5 Å². The first kappa shape index (κ1) is 17.8. The molecule has 1 aromatic carbocycles. The third-order valence-corrected chi connectivity index (χ3v) is 3.09. The highest BCUT2D eigenvalue weighted by Crippen LogP contribution is 2.23. The molecule has 1 atom stereocenters. The van der Waals surface area contributed by atoms with Crippen LogP contribution >= 0.6 is 0 Å². The monoisotopic (exact) mass is 310 g/mol. The summed E-state index contributed by atoms with van der Waals surface area (Å²) < 4.78 is 15.6. The van der Waals surface area contributed by atoms with Crippen LogP contribution < -0.4 is 9.47 Å². The predicted molar refractivity (Wildman–Crippen MR) is 80.3 cm³/mol. The lowest BCUT2D eigenvalue weighted by Gasteiger charge is -2.13. The molecule has 122 valence electrons. The fourth-order valence-electron chi connectivity index (χ4n) is 2.00. The van der Waals surface area contributed by atoms with Gasteiger partial charge in [-0.15, -0.1) is 0 Å². The number of methoxy groups -OCH3 is 2. The van der Waals surface area contributed by atoms with Gasteiger partial charge in [-0.25, -0.2) is 0 Å². The maximum Gasteiger partial charge on any atom is 0.310 e. The van der Waals surface area contributed by atoms with Gasteiger partial charge in [0.25, 0.3) is 0 Å². The second kappa shape index (κ2) is 8.92. The highest BCUT2D eigenvalue weighted by molar-refractivity contribution is 5.73. The zero-order chi connectivity index (χ0) is 16.5. The number of hydrogen-bond donors (Lipinski definition) is 1. The lowest BCUT2D eigenvalue weighted by Crippen LogP contribution is -2.17. The van der Waals surface area contributed by atoms with Crippen LogP contribution in [0.1, 0.15) is 31.7 Å². The first-order chi connectivity index (χ1) is 10.4. The average molecular weight is 310 g/mol. The summed E-state index contributed by atoms with van der Waals surface area (Å²) >= 11 is 0. The Labute approximate surface area is 130 Å². The number of carbonyl (C=O) groups excluding carboxylic acids is 1. The molecule has 0 bridgehead atoms. The molecule has 0 aliphatic carbocycles. The maximum atomic E-state index is 11.9. The molecule has 0 aliphatic heterocycles. The molecule has 1 N–H and O–H groups in total. The molecule has 0 saturated carbocycles. The number of carboxylic acids is 1. The third-order valence-electron chi connectivity index (χ3n) is 3.09. The topological polar surface area (TPSA) is 82.1 Å². The van der Waals surface area contributed by atoms with E-state index in [1.165, 1.54) is 0 Å². The van der Waals surface area contributed by atoms with E-state index >= 15 is 0 Å². The van der Waals surface area contributed by atoms with Crippen LogP contribution in [0.3, 0.4) is 0 Å². The fraction of sp³-hybridized carbons (Fsp3) is 0.500. The molecular formula is C16H22O6. The second-order valence-electron chi connectivity index (χ2n) is 4.98. The van der Waals surface area contributed by atoms with E-state index < -0.39 is 5.97 Å². The standard InChI is InChI=1S/C16H22O6/c1-11(5-4-6-15(17)18)22-16(19)9-12-7-13(20-2)10-14(8-12)21-3/h7-8,10-11H,4-6,9H2,1-3H3,(H,17,18)/t11-/m1/s1. The highest BCUT2D eigenvalue weighted by atomic mass is 16.5. The highest BCUT2D eigenvalue weighted by Gasteiger charge is 2.12. The number of benzene rings is 1. The van der Waals surface area contributed by atoms with Gasteiger partial charge >= 0.3 is 11.9 Å². The van der Waals surface area contributed by atoms with E-state index in [-0.39, 0.29) is 24.9 Å².